The Kier molecular flexibility index (Phi) is 5.01. The minimum atomic E-state index is -0.641. The zero-order valence-electron chi connectivity index (χ0n) is 11.5. The van der Waals surface area contributed by atoms with Crippen LogP contribution in [-0.4, -0.2) is 59.6 Å². The molecular formula is C14H26N2O2. The Bertz CT molecular complexity index is 283. The molecule has 104 valence electrons. The second-order valence-electron chi connectivity index (χ2n) is 5.87. The van der Waals surface area contributed by atoms with Crippen molar-refractivity contribution >= 4 is 5.97 Å². The highest BCUT2D eigenvalue weighted by molar-refractivity contribution is 5.67. The van der Waals surface area contributed by atoms with Crippen molar-refractivity contribution in [1.82, 2.24) is 9.80 Å². The third kappa shape index (κ3) is 3.69. The molecule has 0 aromatic rings. The average Bonchev–Trinajstić information content (AvgIpc) is 2.54. The predicted octanol–water partition coefficient (Wildman–Crippen LogP) is 1.80. The van der Waals surface area contributed by atoms with E-state index in [0.29, 0.717) is 12.5 Å². The van der Waals surface area contributed by atoms with Gasteiger partial charge in [-0.05, 0) is 58.8 Å². The Balaban J connectivity index is 1.96. The molecule has 0 amide bonds. The van der Waals surface area contributed by atoms with Crippen LogP contribution in [0.5, 0.6) is 0 Å². The minimum absolute atomic E-state index is 0.282. The van der Waals surface area contributed by atoms with E-state index in [1.54, 1.807) is 0 Å². The number of nitrogens with zero attached hydrogens (tertiary/aromatic N) is 2. The van der Waals surface area contributed by atoms with E-state index < -0.39 is 5.97 Å². The van der Waals surface area contributed by atoms with Gasteiger partial charge in [-0.25, -0.2) is 0 Å². The molecule has 0 bridgehead atoms. The smallest absolute Gasteiger partial charge is 0.304 e. The van der Waals surface area contributed by atoms with Crippen LogP contribution in [0.25, 0.3) is 0 Å². The minimum Gasteiger partial charge on any atom is -0.481 e. The van der Waals surface area contributed by atoms with Gasteiger partial charge in [-0.1, -0.05) is 6.42 Å². The summed E-state index contributed by atoms with van der Waals surface area (Å²) in [5.41, 5.74) is 0. The number of hydrogen-bond donors (Lipinski definition) is 1. The fraction of sp³-hybridized carbons (Fsp3) is 0.929. The van der Waals surface area contributed by atoms with Gasteiger partial charge in [-0.15, -0.1) is 0 Å². The molecule has 2 aliphatic rings. The average molecular weight is 254 g/mol. The van der Waals surface area contributed by atoms with E-state index in [4.69, 9.17) is 5.11 Å². The summed E-state index contributed by atoms with van der Waals surface area (Å²) in [7, 11) is 2.19. The number of likely N-dealkylation sites (tertiary alicyclic amines) is 2. The fourth-order valence-electron chi connectivity index (χ4n) is 3.48. The highest BCUT2D eigenvalue weighted by Gasteiger charge is 2.30. The molecule has 0 radical (unpaired) electrons. The first-order valence-electron chi connectivity index (χ1n) is 7.33. The summed E-state index contributed by atoms with van der Waals surface area (Å²) in [6.07, 6.45) is 7.51. The van der Waals surface area contributed by atoms with Crippen LogP contribution in [0.15, 0.2) is 0 Å². The summed E-state index contributed by atoms with van der Waals surface area (Å²) >= 11 is 0. The van der Waals surface area contributed by atoms with E-state index in [2.05, 4.69) is 16.8 Å². The predicted molar refractivity (Wildman–Crippen MR) is 71.7 cm³/mol. The van der Waals surface area contributed by atoms with Gasteiger partial charge in [0.15, 0.2) is 0 Å². The number of carboxylic acids is 1. The van der Waals surface area contributed by atoms with Gasteiger partial charge in [0.05, 0.1) is 6.42 Å². The lowest BCUT2D eigenvalue weighted by molar-refractivity contribution is -0.139. The van der Waals surface area contributed by atoms with Gasteiger partial charge in [0.2, 0.25) is 0 Å². The van der Waals surface area contributed by atoms with E-state index in [0.717, 1.165) is 19.5 Å². The van der Waals surface area contributed by atoms with E-state index in [-0.39, 0.29) is 6.04 Å². The SMILES string of the molecule is CN1CCCC(N2CCCCC2CC(=O)O)CC1. The molecule has 1 N–H and O–H groups in total. The van der Waals surface area contributed by atoms with Crippen molar-refractivity contribution in [2.75, 3.05) is 26.7 Å². The number of carboxylic acid groups (broad SMARTS) is 1. The summed E-state index contributed by atoms with van der Waals surface area (Å²) in [5, 5.41) is 9.04. The first-order valence-corrected chi connectivity index (χ1v) is 7.33. The van der Waals surface area contributed by atoms with Crippen molar-refractivity contribution in [3.05, 3.63) is 0 Å². The second kappa shape index (κ2) is 6.53. The molecule has 0 spiro atoms. The van der Waals surface area contributed by atoms with Crippen molar-refractivity contribution in [2.45, 2.75) is 57.0 Å². The molecule has 2 unspecified atom stereocenters. The number of piperidine rings is 1. The standard InChI is InChI=1S/C14H26N2O2/c1-15-8-4-6-12(7-10-15)16-9-3-2-5-13(16)11-14(17)18/h12-13H,2-11H2,1H3,(H,17,18). The lowest BCUT2D eigenvalue weighted by Crippen LogP contribution is -2.47. The molecular weight excluding hydrogens is 228 g/mol. The number of aliphatic carboxylic acids is 1. The Morgan fingerprint density at radius 2 is 1.94 bits per heavy atom. The third-order valence-electron chi connectivity index (χ3n) is 4.47. The summed E-state index contributed by atoms with van der Waals surface area (Å²) in [4.78, 5) is 15.9. The topological polar surface area (TPSA) is 43.8 Å². The molecule has 2 rings (SSSR count). The van der Waals surface area contributed by atoms with Gasteiger partial charge in [-0.3, -0.25) is 9.69 Å². The Morgan fingerprint density at radius 3 is 2.72 bits per heavy atom. The lowest BCUT2D eigenvalue weighted by atomic mass is 9.95. The lowest BCUT2D eigenvalue weighted by Gasteiger charge is -2.40. The summed E-state index contributed by atoms with van der Waals surface area (Å²) in [6.45, 7) is 3.45. The Labute approximate surface area is 110 Å². The molecule has 2 saturated heterocycles. The molecule has 2 heterocycles. The zero-order valence-corrected chi connectivity index (χ0v) is 11.5. The molecule has 0 aromatic carbocycles. The maximum absolute atomic E-state index is 11.0. The number of hydrogen-bond acceptors (Lipinski definition) is 3. The van der Waals surface area contributed by atoms with Crippen LogP contribution in [0, 0.1) is 0 Å². The van der Waals surface area contributed by atoms with E-state index in [1.807, 2.05) is 0 Å². The number of carbonyl (C=O) groups is 1. The van der Waals surface area contributed by atoms with E-state index in [9.17, 15) is 4.79 Å². The van der Waals surface area contributed by atoms with Crippen molar-refractivity contribution in [3.8, 4) is 0 Å². The quantitative estimate of drug-likeness (QED) is 0.834. The van der Waals surface area contributed by atoms with Crippen LogP contribution < -0.4 is 0 Å². The van der Waals surface area contributed by atoms with Gasteiger partial charge in [0, 0.05) is 12.1 Å². The maximum atomic E-state index is 11.0. The van der Waals surface area contributed by atoms with Crippen LogP contribution in [0.4, 0.5) is 0 Å². The van der Waals surface area contributed by atoms with Crippen LogP contribution in [0.1, 0.15) is 44.9 Å². The largest absolute Gasteiger partial charge is 0.481 e. The second-order valence-corrected chi connectivity index (χ2v) is 5.87. The third-order valence-corrected chi connectivity index (χ3v) is 4.47. The van der Waals surface area contributed by atoms with Crippen LogP contribution in [-0.2, 0) is 4.79 Å². The molecule has 0 aromatic heterocycles. The van der Waals surface area contributed by atoms with Gasteiger partial charge in [0.1, 0.15) is 0 Å². The van der Waals surface area contributed by atoms with Crippen LogP contribution in [0.3, 0.4) is 0 Å². The highest BCUT2D eigenvalue weighted by atomic mass is 16.4. The van der Waals surface area contributed by atoms with Crippen molar-refractivity contribution in [3.63, 3.8) is 0 Å². The molecule has 2 fully saturated rings. The summed E-state index contributed by atoms with van der Waals surface area (Å²) in [6, 6.07) is 0.893. The van der Waals surface area contributed by atoms with Gasteiger partial charge in [-0.2, -0.15) is 0 Å². The van der Waals surface area contributed by atoms with Crippen LogP contribution in [0.2, 0.25) is 0 Å². The molecule has 2 aliphatic heterocycles. The van der Waals surface area contributed by atoms with E-state index in [1.165, 1.54) is 38.6 Å². The molecule has 0 aliphatic carbocycles. The zero-order chi connectivity index (χ0) is 13.0. The molecule has 4 nitrogen and oxygen atoms in total. The van der Waals surface area contributed by atoms with Gasteiger partial charge in [0.25, 0.3) is 0 Å². The summed E-state index contributed by atoms with van der Waals surface area (Å²) in [5.74, 6) is -0.641. The highest BCUT2D eigenvalue weighted by Crippen LogP contribution is 2.26. The van der Waals surface area contributed by atoms with Crippen molar-refractivity contribution in [2.24, 2.45) is 0 Å². The monoisotopic (exact) mass is 254 g/mol. The van der Waals surface area contributed by atoms with Gasteiger partial charge < -0.3 is 10.0 Å². The fourth-order valence-corrected chi connectivity index (χ4v) is 3.48. The van der Waals surface area contributed by atoms with Gasteiger partial charge >= 0.3 is 5.97 Å². The van der Waals surface area contributed by atoms with E-state index >= 15 is 0 Å². The number of rotatable bonds is 3. The van der Waals surface area contributed by atoms with Crippen molar-refractivity contribution in [1.29, 1.82) is 0 Å². The maximum Gasteiger partial charge on any atom is 0.304 e. The molecule has 0 saturated carbocycles. The normalized spacial score (nSPS) is 32.1. The molecule has 4 heteroatoms. The molecule has 18 heavy (non-hydrogen) atoms. The first kappa shape index (κ1) is 13.8. The summed E-state index contributed by atoms with van der Waals surface area (Å²) < 4.78 is 0. The Morgan fingerprint density at radius 1 is 1.11 bits per heavy atom. The first-order chi connectivity index (χ1) is 8.66. The van der Waals surface area contributed by atoms with Crippen molar-refractivity contribution < 1.29 is 9.90 Å². The van der Waals surface area contributed by atoms with Crippen LogP contribution >= 0.6 is 0 Å². The molecule has 2 atom stereocenters. The Hall–Kier alpha value is -0.610.